The van der Waals surface area contributed by atoms with Crippen LogP contribution in [0.1, 0.15) is 38.8 Å². The molecule has 24 heavy (non-hydrogen) atoms. The highest BCUT2D eigenvalue weighted by Gasteiger charge is 2.30. The van der Waals surface area contributed by atoms with Crippen LogP contribution in [0.5, 0.6) is 0 Å². The average Bonchev–Trinajstić information content (AvgIpc) is 2.58. The van der Waals surface area contributed by atoms with Gasteiger partial charge in [-0.3, -0.25) is 20.4 Å². The van der Waals surface area contributed by atoms with E-state index >= 15 is 0 Å². The van der Waals surface area contributed by atoms with Gasteiger partial charge in [0.25, 0.3) is 11.8 Å². The number of alkyl halides is 3. The molecule has 2 aromatic rings. The van der Waals surface area contributed by atoms with Gasteiger partial charge in [0.05, 0.1) is 5.56 Å². The van der Waals surface area contributed by atoms with Crippen LogP contribution < -0.4 is 10.9 Å². The van der Waals surface area contributed by atoms with Crippen LogP contribution in [0.25, 0.3) is 0 Å². The molecule has 2 amide bonds. The second-order valence-corrected chi connectivity index (χ2v) is 5.04. The van der Waals surface area contributed by atoms with Gasteiger partial charge in [0, 0.05) is 11.1 Å². The maximum atomic E-state index is 12.6. The third-order valence-corrected chi connectivity index (χ3v) is 3.37. The number of carbonyl (C=O) groups excluding carboxylic acids is 2. The van der Waals surface area contributed by atoms with Crippen molar-refractivity contribution in [1.82, 2.24) is 10.9 Å². The molecule has 4 nitrogen and oxygen atoms in total. The van der Waals surface area contributed by atoms with Crippen molar-refractivity contribution >= 4 is 11.8 Å². The fourth-order valence-electron chi connectivity index (χ4n) is 1.99. The van der Waals surface area contributed by atoms with Gasteiger partial charge in [0.1, 0.15) is 0 Å². The molecule has 0 radical (unpaired) electrons. The first kappa shape index (κ1) is 17.5. The molecule has 0 spiro atoms. The predicted octanol–water partition coefficient (Wildman–Crippen LogP) is 3.34. The monoisotopic (exact) mass is 336 g/mol. The van der Waals surface area contributed by atoms with Crippen LogP contribution in [0.2, 0.25) is 0 Å². The summed E-state index contributed by atoms with van der Waals surface area (Å²) in [4.78, 5) is 23.8. The molecule has 0 fully saturated rings. The smallest absolute Gasteiger partial charge is 0.267 e. The Hall–Kier alpha value is -2.83. The van der Waals surface area contributed by atoms with Gasteiger partial charge in [-0.15, -0.1) is 0 Å². The molecule has 2 rings (SSSR count). The Morgan fingerprint density at radius 2 is 1.50 bits per heavy atom. The zero-order chi connectivity index (χ0) is 17.7. The third-order valence-electron chi connectivity index (χ3n) is 3.37. The second-order valence-electron chi connectivity index (χ2n) is 5.04. The van der Waals surface area contributed by atoms with Gasteiger partial charge in [-0.2, -0.15) is 13.2 Å². The summed E-state index contributed by atoms with van der Waals surface area (Å²) >= 11 is 0. The highest BCUT2D eigenvalue weighted by atomic mass is 19.4. The van der Waals surface area contributed by atoms with Crippen LogP contribution in [0.3, 0.4) is 0 Å². The molecule has 0 bridgehead atoms. The van der Waals surface area contributed by atoms with Crippen LogP contribution in [-0.4, -0.2) is 11.8 Å². The average molecular weight is 336 g/mol. The SMILES string of the molecule is CCc1ccc(C(=O)NNC(=O)c2cccc(C(F)(F)F)c2)cc1. The highest BCUT2D eigenvalue weighted by molar-refractivity contribution is 5.99. The quantitative estimate of drug-likeness (QED) is 0.845. The lowest BCUT2D eigenvalue weighted by Crippen LogP contribution is -2.41. The van der Waals surface area contributed by atoms with Gasteiger partial charge < -0.3 is 0 Å². The molecule has 7 heteroatoms. The summed E-state index contributed by atoms with van der Waals surface area (Å²) in [5, 5.41) is 0. The number of halogens is 3. The molecule has 0 saturated heterocycles. The molecule has 0 aliphatic rings. The van der Waals surface area contributed by atoms with Crippen LogP contribution in [0, 0.1) is 0 Å². The van der Waals surface area contributed by atoms with Crippen molar-refractivity contribution in [2.24, 2.45) is 0 Å². The van der Waals surface area contributed by atoms with Gasteiger partial charge in [-0.05, 0) is 42.3 Å². The van der Waals surface area contributed by atoms with E-state index in [1.54, 1.807) is 24.3 Å². The van der Waals surface area contributed by atoms with Crippen molar-refractivity contribution < 1.29 is 22.8 Å². The Labute approximate surface area is 136 Å². The predicted molar refractivity (Wildman–Crippen MR) is 82.2 cm³/mol. The third kappa shape index (κ3) is 4.34. The standard InChI is InChI=1S/C17H15F3N2O2/c1-2-11-6-8-12(9-7-11)15(23)21-22-16(24)13-4-3-5-14(10-13)17(18,19)20/h3-10H,2H2,1H3,(H,21,23)(H,22,24). The number of aryl methyl sites for hydroxylation is 1. The number of carbonyl (C=O) groups is 2. The van der Waals surface area contributed by atoms with Gasteiger partial charge in [-0.25, -0.2) is 0 Å². The molecule has 126 valence electrons. The summed E-state index contributed by atoms with van der Waals surface area (Å²) in [6.07, 6.45) is -3.71. The van der Waals surface area contributed by atoms with Crippen LogP contribution in [0.15, 0.2) is 48.5 Å². The van der Waals surface area contributed by atoms with Gasteiger partial charge in [0.15, 0.2) is 0 Å². The molecule has 2 aromatic carbocycles. The maximum Gasteiger partial charge on any atom is 0.416 e. The van der Waals surface area contributed by atoms with Crippen molar-refractivity contribution in [3.8, 4) is 0 Å². The highest BCUT2D eigenvalue weighted by Crippen LogP contribution is 2.29. The summed E-state index contributed by atoms with van der Waals surface area (Å²) < 4.78 is 37.9. The van der Waals surface area contributed by atoms with E-state index in [4.69, 9.17) is 0 Å². The Morgan fingerprint density at radius 1 is 0.917 bits per heavy atom. The van der Waals surface area contributed by atoms with E-state index in [1.165, 1.54) is 6.07 Å². The molecule has 0 atom stereocenters. The Balaban J connectivity index is 2.01. The molecule has 0 aliphatic heterocycles. The van der Waals surface area contributed by atoms with Crippen molar-refractivity contribution in [2.75, 3.05) is 0 Å². The molecule has 0 saturated carbocycles. The van der Waals surface area contributed by atoms with E-state index in [0.717, 1.165) is 30.2 Å². The van der Waals surface area contributed by atoms with E-state index in [0.29, 0.717) is 5.56 Å². The Morgan fingerprint density at radius 3 is 2.04 bits per heavy atom. The normalized spacial score (nSPS) is 11.0. The molecule has 2 N–H and O–H groups in total. The first-order valence-electron chi connectivity index (χ1n) is 7.18. The molecule has 0 aliphatic carbocycles. The number of benzene rings is 2. The Bertz CT molecular complexity index is 740. The van der Waals surface area contributed by atoms with Crippen molar-refractivity contribution in [3.63, 3.8) is 0 Å². The minimum Gasteiger partial charge on any atom is -0.267 e. The fourth-order valence-corrected chi connectivity index (χ4v) is 1.99. The number of nitrogens with one attached hydrogen (secondary N) is 2. The lowest BCUT2D eigenvalue weighted by molar-refractivity contribution is -0.137. The number of amides is 2. The van der Waals surface area contributed by atoms with Crippen LogP contribution in [-0.2, 0) is 12.6 Å². The van der Waals surface area contributed by atoms with Crippen molar-refractivity contribution in [2.45, 2.75) is 19.5 Å². The number of hydrogen-bond donors (Lipinski definition) is 2. The number of hydrazine groups is 1. The minimum atomic E-state index is -4.54. The minimum absolute atomic E-state index is 0.202. The second kappa shape index (κ2) is 7.16. The zero-order valence-corrected chi connectivity index (χ0v) is 12.8. The molecule has 0 unspecified atom stereocenters. The van der Waals surface area contributed by atoms with E-state index < -0.39 is 23.6 Å². The number of rotatable bonds is 3. The van der Waals surface area contributed by atoms with E-state index in [-0.39, 0.29) is 5.56 Å². The zero-order valence-electron chi connectivity index (χ0n) is 12.8. The maximum absolute atomic E-state index is 12.6. The lowest BCUT2D eigenvalue weighted by atomic mass is 10.1. The molecule has 0 heterocycles. The van der Waals surface area contributed by atoms with Crippen molar-refractivity contribution in [1.29, 1.82) is 0 Å². The first-order valence-corrected chi connectivity index (χ1v) is 7.18. The molecular weight excluding hydrogens is 321 g/mol. The summed E-state index contributed by atoms with van der Waals surface area (Å²) in [5.41, 5.74) is 4.52. The van der Waals surface area contributed by atoms with Gasteiger partial charge >= 0.3 is 6.18 Å². The summed E-state index contributed by atoms with van der Waals surface area (Å²) in [6.45, 7) is 1.98. The Kier molecular flexibility index (Phi) is 5.23. The lowest BCUT2D eigenvalue weighted by Gasteiger charge is -2.10. The largest absolute Gasteiger partial charge is 0.416 e. The van der Waals surface area contributed by atoms with Gasteiger partial charge in [0.2, 0.25) is 0 Å². The topological polar surface area (TPSA) is 58.2 Å². The van der Waals surface area contributed by atoms with E-state index in [9.17, 15) is 22.8 Å². The summed E-state index contributed by atoms with van der Waals surface area (Å²) in [7, 11) is 0. The van der Waals surface area contributed by atoms with Crippen LogP contribution in [0.4, 0.5) is 13.2 Å². The van der Waals surface area contributed by atoms with Crippen LogP contribution >= 0.6 is 0 Å². The van der Waals surface area contributed by atoms with E-state index in [2.05, 4.69) is 10.9 Å². The number of hydrogen-bond acceptors (Lipinski definition) is 2. The summed E-state index contributed by atoms with van der Waals surface area (Å²) in [6, 6.07) is 10.7. The van der Waals surface area contributed by atoms with Gasteiger partial charge in [-0.1, -0.05) is 25.1 Å². The summed E-state index contributed by atoms with van der Waals surface area (Å²) in [5.74, 6) is -1.39. The molecule has 0 aromatic heterocycles. The fraction of sp³-hybridized carbons (Fsp3) is 0.176. The molecular formula is C17H15F3N2O2. The van der Waals surface area contributed by atoms with E-state index in [1.807, 2.05) is 6.92 Å². The van der Waals surface area contributed by atoms with Crippen molar-refractivity contribution in [3.05, 3.63) is 70.8 Å². The first-order chi connectivity index (χ1) is 11.3.